The first-order valence-corrected chi connectivity index (χ1v) is 5.19. The average molecular weight is 226 g/mol. The summed E-state index contributed by atoms with van der Waals surface area (Å²) in [6, 6.07) is 12.5. The third kappa shape index (κ3) is 1.50. The quantitative estimate of drug-likeness (QED) is 0.494. The summed E-state index contributed by atoms with van der Waals surface area (Å²) in [7, 11) is 0. The molecule has 0 atom stereocenters. The second-order valence-corrected chi connectivity index (χ2v) is 3.73. The van der Waals surface area contributed by atoms with Crippen molar-refractivity contribution in [3.63, 3.8) is 0 Å². The van der Waals surface area contributed by atoms with Gasteiger partial charge in [0.1, 0.15) is 5.52 Å². The molecule has 0 amide bonds. The number of hydrogen-bond acceptors (Lipinski definition) is 4. The molecule has 0 spiro atoms. The number of anilines is 1. The van der Waals surface area contributed by atoms with Gasteiger partial charge in [0.2, 0.25) is 5.89 Å². The number of phenols is 1. The van der Waals surface area contributed by atoms with Crippen molar-refractivity contribution >= 4 is 16.8 Å². The topological polar surface area (TPSA) is 72.3 Å². The smallest absolute Gasteiger partial charge is 0.231 e. The molecular weight excluding hydrogens is 216 g/mol. The van der Waals surface area contributed by atoms with Crippen LogP contribution in [0.5, 0.6) is 5.75 Å². The molecule has 0 fully saturated rings. The van der Waals surface area contributed by atoms with E-state index in [1.807, 2.05) is 24.3 Å². The number of aromatic hydroxyl groups is 1. The summed E-state index contributed by atoms with van der Waals surface area (Å²) in [6.07, 6.45) is 0. The molecule has 84 valence electrons. The second-order valence-electron chi connectivity index (χ2n) is 3.73. The van der Waals surface area contributed by atoms with Gasteiger partial charge in [-0.3, -0.25) is 0 Å². The van der Waals surface area contributed by atoms with Gasteiger partial charge in [-0.1, -0.05) is 18.2 Å². The molecule has 0 unspecified atom stereocenters. The molecule has 17 heavy (non-hydrogen) atoms. The highest BCUT2D eigenvalue weighted by Crippen LogP contribution is 2.34. The SMILES string of the molecule is Nc1cccc(-c2nc3ccccc3o2)c1O. The minimum absolute atomic E-state index is 0.000874. The Kier molecular flexibility index (Phi) is 2.01. The van der Waals surface area contributed by atoms with Crippen LogP contribution in [0.1, 0.15) is 0 Å². The molecule has 3 aromatic rings. The normalized spacial score (nSPS) is 10.8. The molecule has 2 aromatic carbocycles. The largest absolute Gasteiger partial charge is 0.505 e. The van der Waals surface area contributed by atoms with Gasteiger partial charge < -0.3 is 15.3 Å². The number of nitrogens with two attached hydrogens (primary N) is 1. The minimum Gasteiger partial charge on any atom is -0.505 e. The number of hydrogen-bond donors (Lipinski definition) is 2. The highest BCUT2D eigenvalue weighted by atomic mass is 16.3. The number of fused-ring (bicyclic) bond motifs is 1. The Labute approximate surface area is 97.3 Å². The first-order chi connectivity index (χ1) is 8.25. The van der Waals surface area contributed by atoms with Gasteiger partial charge in [-0.2, -0.15) is 0 Å². The summed E-state index contributed by atoms with van der Waals surface area (Å²) in [5, 5.41) is 9.85. The van der Waals surface area contributed by atoms with Crippen LogP contribution < -0.4 is 5.73 Å². The molecule has 4 heteroatoms. The number of phenolic OH excluding ortho intramolecular Hbond substituents is 1. The van der Waals surface area contributed by atoms with Gasteiger partial charge in [-0.05, 0) is 24.3 Å². The zero-order valence-electron chi connectivity index (χ0n) is 8.92. The van der Waals surface area contributed by atoms with E-state index < -0.39 is 0 Å². The molecular formula is C13H10N2O2. The van der Waals surface area contributed by atoms with Gasteiger partial charge in [0, 0.05) is 0 Å². The molecule has 0 saturated carbocycles. The molecule has 1 heterocycles. The maximum atomic E-state index is 9.85. The van der Waals surface area contributed by atoms with E-state index in [1.165, 1.54) is 0 Å². The fourth-order valence-electron chi connectivity index (χ4n) is 1.72. The molecule has 3 rings (SSSR count). The highest BCUT2D eigenvalue weighted by Gasteiger charge is 2.13. The lowest BCUT2D eigenvalue weighted by Crippen LogP contribution is -1.87. The number of nitrogen functional groups attached to an aromatic ring is 1. The van der Waals surface area contributed by atoms with Crippen LogP contribution in [0.2, 0.25) is 0 Å². The van der Waals surface area contributed by atoms with Gasteiger partial charge in [0.15, 0.2) is 11.3 Å². The summed E-state index contributed by atoms with van der Waals surface area (Å²) in [5.41, 5.74) is 7.88. The van der Waals surface area contributed by atoms with Crippen LogP contribution in [0.3, 0.4) is 0 Å². The molecule has 0 aliphatic rings. The Bertz CT molecular complexity index is 656. The molecule has 3 N–H and O–H groups in total. The van der Waals surface area contributed by atoms with E-state index in [-0.39, 0.29) is 5.75 Å². The third-order valence-electron chi connectivity index (χ3n) is 2.59. The molecule has 1 aromatic heterocycles. The summed E-state index contributed by atoms with van der Waals surface area (Å²) in [6.45, 7) is 0. The van der Waals surface area contributed by atoms with E-state index in [0.717, 1.165) is 5.52 Å². The second kappa shape index (κ2) is 3.52. The van der Waals surface area contributed by atoms with Gasteiger partial charge in [-0.25, -0.2) is 4.98 Å². The first-order valence-electron chi connectivity index (χ1n) is 5.19. The Balaban J connectivity index is 2.24. The van der Waals surface area contributed by atoms with E-state index >= 15 is 0 Å². The van der Waals surface area contributed by atoms with Crippen molar-refractivity contribution in [3.8, 4) is 17.2 Å². The monoisotopic (exact) mass is 226 g/mol. The summed E-state index contributed by atoms with van der Waals surface area (Å²) in [5.74, 6) is 0.370. The van der Waals surface area contributed by atoms with Crippen molar-refractivity contribution in [1.29, 1.82) is 0 Å². The summed E-state index contributed by atoms with van der Waals surface area (Å²) < 4.78 is 5.56. The first kappa shape index (κ1) is 9.72. The third-order valence-corrected chi connectivity index (χ3v) is 2.59. The molecule has 4 nitrogen and oxygen atoms in total. The molecule has 0 aliphatic carbocycles. The maximum absolute atomic E-state index is 9.85. The molecule has 0 radical (unpaired) electrons. The summed E-state index contributed by atoms with van der Waals surface area (Å²) >= 11 is 0. The van der Waals surface area contributed by atoms with E-state index in [9.17, 15) is 5.11 Å². The Morgan fingerprint density at radius 3 is 2.71 bits per heavy atom. The van der Waals surface area contributed by atoms with E-state index in [4.69, 9.17) is 10.2 Å². The van der Waals surface area contributed by atoms with Crippen LogP contribution in [0.15, 0.2) is 46.9 Å². The van der Waals surface area contributed by atoms with Crippen LogP contribution in [0.25, 0.3) is 22.6 Å². The number of aromatic nitrogens is 1. The zero-order chi connectivity index (χ0) is 11.8. The van der Waals surface area contributed by atoms with Crippen molar-refractivity contribution in [1.82, 2.24) is 4.98 Å². The van der Waals surface area contributed by atoms with Crippen molar-refractivity contribution < 1.29 is 9.52 Å². The predicted octanol–water partition coefficient (Wildman–Crippen LogP) is 2.78. The molecule has 0 saturated heterocycles. The molecule has 0 aliphatic heterocycles. The predicted molar refractivity (Wildman–Crippen MR) is 65.5 cm³/mol. The van der Waals surface area contributed by atoms with E-state index in [1.54, 1.807) is 18.2 Å². The van der Waals surface area contributed by atoms with Crippen LogP contribution in [-0.2, 0) is 0 Å². The van der Waals surface area contributed by atoms with Crippen molar-refractivity contribution in [2.45, 2.75) is 0 Å². The highest BCUT2D eigenvalue weighted by molar-refractivity contribution is 5.79. The standard InChI is InChI=1S/C13H10N2O2/c14-9-5-3-4-8(12(9)16)13-15-10-6-1-2-7-11(10)17-13/h1-7,16H,14H2. The van der Waals surface area contributed by atoms with Gasteiger partial charge >= 0.3 is 0 Å². The van der Waals surface area contributed by atoms with Gasteiger partial charge in [-0.15, -0.1) is 0 Å². The lowest BCUT2D eigenvalue weighted by Gasteiger charge is -2.02. The van der Waals surface area contributed by atoms with Crippen LogP contribution in [0, 0.1) is 0 Å². The fraction of sp³-hybridized carbons (Fsp3) is 0. The van der Waals surface area contributed by atoms with E-state index in [0.29, 0.717) is 22.7 Å². The van der Waals surface area contributed by atoms with Crippen LogP contribution in [0.4, 0.5) is 5.69 Å². The Morgan fingerprint density at radius 1 is 1.06 bits per heavy atom. The number of nitrogens with zero attached hydrogens (tertiary/aromatic N) is 1. The van der Waals surface area contributed by atoms with Crippen LogP contribution in [-0.4, -0.2) is 10.1 Å². The Hall–Kier alpha value is -2.49. The van der Waals surface area contributed by atoms with Gasteiger partial charge in [0.25, 0.3) is 0 Å². The van der Waals surface area contributed by atoms with Gasteiger partial charge in [0.05, 0.1) is 11.3 Å². The minimum atomic E-state index is -0.000874. The number of rotatable bonds is 1. The number of oxazole rings is 1. The van der Waals surface area contributed by atoms with Crippen molar-refractivity contribution in [2.75, 3.05) is 5.73 Å². The van der Waals surface area contributed by atoms with Crippen LogP contribution >= 0.6 is 0 Å². The number of para-hydroxylation sites is 3. The summed E-state index contributed by atoms with van der Waals surface area (Å²) in [4.78, 5) is 4.30. The lowest BCUT2D eigenvalue weighted by molar-refractivity contribution is 0.476. The number of benzene rings is 2. The Morgan fingerprint density at radius 2 is 1.88 bits per heavy atom. The fourth-order valence-corrected chi connectivity index (χ4v) is 1.72. The van der Waals surface area contributed by atoms with E-state index in [2.05, 4.69) is 4.98 Å². The van der Waals surface area contributed by atoms with Crippen molar-refractivity contribution in [3.05, 3.63) is 42.5 Å². The zero-order valence-corrected chi connectivity index (χ0v) is 8.92. The maximum Gasteiger partial charge on any atom is 0.231 e. The molecule has 0 bridgehead atoms. The van der Waals surface area contributed by atoms with Crippen molar-refractivity contribution in [2.24, 2.45) is 0 Å². The lowest BCUT2D eigenvalue weighted by atomic mass is 10.2. The average Bonchev–Trinajstić information content (AvgIpc) is 2.76.